The Morgan fingerprint density at radius 3 is 2.79 bits per heavy atom. The van der Waals surface area contributed by atoms with E-state index in [9.17, 15) is 4.79 Å². The number of benzene rings is 1. The van der Waals surface area contributed by atoms with Gasteiger partial charge in [-0.15, -0.1) is 24.8 Å². The Balaban J connectivity index is 0.00000104. The molecule has 1 saturated carbocycles. The number of nitrogens with zero attached hydrogens (tertiary/aromatic N) is 2. The Morgan fingerprint density at radius 2 is 2.12 bits per heavy atom. The second kappa shape index (κ2) is 7.68. The molecule has 1 saturated heterocycles. The summed E-state index contributed by atoms with van der Waals surface area (Å²) in [5, 5.41) is 4.60. The van der Waals surface area contributed by atoms with E-state index in [4.69, 9.17) is 0 Å². The van der Waals surface area contributed by atoms with Crippen molar-refractivity contribution in [3.05, 3.63) is 42.1 Å². The van der Waals surface area contributed by atoms with Crippen molar-refractivity contribution in [3.63, 3.8) is 0 Å². The maximum Gasteiger partial charge on any atom is 0.227 e. The summed E-state index contributed by atoms with van der Waals surface area (Å²) in [7, 11) is 1.92. The minimum atomic E-state index is 0. The largest absolute Gasteiger partial charge is 0.341 e. The van der Waals surface area contributed by atoms with Crippen molar-refractivity contribution in [2.45, 2.75) is 25.4 Å². The lowest BCUT2D eigenvalue weighted by Gasteiger charge is -2.23. The number of hydrogen-bond acceptors (Lipinski definition) is 3. The summed E-state index contributed by atoms with van der Waals surface area (Å²) < 4.78 is 0. The van der Waals surface area contributed by atoms with Crippen LogP contribution < -0.4 is 5.32 Å². The van der Waals surface area contributed by atoms with E-state index in [1.165, 1.54) is 6.42 Å². The van der Waals surface area contributed by atoms with Gasteiger partial charge < -0.3 is 10.2 Å². The summed E-state index contributed by atoms with van der Waals surface area (Å²) in [6.45, 7) is 1.68. The molecule has 0 spiro atoms. The first kappa shape index (κ1) is 19.0. The van der Waals surface area contributed by atoms with Crippen molar-refractivity contribution in [2.24, 2.45) is 11.8 Å². The molecular formula is C18H23Cl2N3O. The molecule has 1 amide bonds. The van der Waals surface area contributed by atoms with E-state index in [2.05, 4.69) is 28.5 Å². The molecular weight excluding hydrogens is 345 g/mol. The SMILES string of the molecule is CN(Cc1ccc2ncccc2c1)C(=O)[C@@H]1[C@H]2CC[C@@H]1NC2.Cl.Cl. The first-order valence-electron chi connectivity index (χ1n) is 8.04. The molecule has 24 heavy (non-hydrogen) atoms. The molecule has 1 aromatic heterocycles. The zero-order valence-corrected chi connectivity index (χ0v) is 15.3. The van der Waals surface area contributed by atoms with Crippen molar-refractivity contribution >= 4 is 41.6 Å². The van der Waals surface area contributed by atoms with E-state index in [-0.39, 0.29) is 30.7 Å². The topological polar surface area (TPSA) is 45.2 Å². The molecule has 130 valence electrons. The normalized spacial score (nSPS) is 24.3. The Morgan fingerprint density at radius 1 is 1.29 bits per heavy atom. The maximum atomic E-state index is 12.7. The highest BCUT2D eigenvalue weighted by Gasteiger charge is 2.46. The van der Waals surface area contributed by atoms with Gasteiger partial charge in [0.15, 0.2) is 0 Å². The molecule has 2 aliphatic rings. The third kappa shape index (κ3) is 3.37. The molecule has 2 heterocycles. The number of hydrogen-bond donors (Lipinski definition) is 1. The average Bonchev–Trinajstić information content (AvgIpc) is 3.14. The molecule has 4 rings (SSSR count). The molecule has 2 bridgehead atoms. The van der Waals surface area contributed by atoms with E-state index in [1.54, 1.807) is 6.20 Å². The van der Waals surface area contributed by atoms with Crippen LogP contribution in [-0.2, 0) is 11.3 Å². The van der Waals surface area contributed by atoms with Crippen LogP contribution in [0.25, 0.3) is 10.9 Å². The molecule has 4 nitrogen and oxygen atoms in total. The van der Waals surface area contributed by atoms with Gasteiger partial charge in [-0.2, -0.15) is 0 Å². The van der Waals surface area contributed by atoms with Gasteiger partial charge in [0.05, 0.1) is 11.4 Å². The predicted molar refractivity (Wildman–Crippen MR) is 101 cm³/mol. The van der Waals surface area contributed by atoms with Crippen LogP contribution in [-0.4, -0.2) is 35.4 Å². The smallest absolute Gasteiger partial charge is 0.227 e. The third-order valence-corrected chi connectivity index (χ3v) is 5.18. The van der Waals surface area contributed by atoms with Gasteiger partial charge in [0, 0.05) is 31.2 Å². The molecule has 2 fully saturated rings. The number of pyridine rings is 1. The van der Waals surface area contributed by atoms with Crippen molar-refractivity contribution in [2.75, 3.05) is 13.6 Å². The number of fused-ring (bicyclic) bond motifs is 3. The number of carbonyl (C=O) groups is 1. The van der Waals surface area contributed by atoms with Crippen LogP contribution in [0.1, 0.15) is 18.4 Å². The first-order chi connectivity index (χ1) is 10.7. The molecule has 2 aromatic rings. The van der Waals surface area contributed by atoms with Crippen molar-refractivity contribution in [1.29, 1.82) is 0 Å². The molecule has 3 atom stereocenters. The minimum absolute atomic E-state index is 0. The maximum absolute atomic E-state index is 12.7. The van der Waals surface area contributed by atoms with Gasteiger partial charge in [0.1, 0.15) is 0 Å². The van der Waals surface area contributed by atoms with E-state index in [0.29, 0.717) is 24.4 Å². The zero-order valence-electron chi connectivity index (χ0n) is 13.6. The number of nitrogens with one attached hydrogen (secondary N) is 1. The van der Waals surface area contributed by atoms with Gasteiger partial charge in [-0.3, -0.25) is 9.78 Å². The van der Waals surface area contributed by atoms with Crippen LogP contribution in [0.5, 0.6) is 0 Å². The molecule has 1 aliphatic carbocycles. The average molecular weight is 368 g/mol. The van der Waals surface area contributed by atoms with E-state index < -0.39 is 0 Å². The van der Waals surface area contributed by atoms with Crippen LogP contribution in [0, 0.1) is 11.8 Å². The van der Waals surface area contributed by atoms with Crippen molar-refractivity contribution in [3.8, 4) is 0 Å². The fraction of sp³-hybridized carbons (Fsp3) is 0.444. The van der Waals surface area contributed by atoms with Crippen LogP contribution in [0.3, 0.4) is 0 Å². The van der Waals surface area contributed by atoms with E-state index in [1.807, 2.05) is 24.1 Å². The summed E-state index contributed by atoms with van der Waals surface area (Å²) in [4.78, 5) is 19.0. The minimum Gasteiger partial charge on any atom is -0.341 e. The highest BCUT2D eigenvalue weighted by molar-refractivity contribution is 5.85. The predicted octanol–water partition coefficient (Wildman–Crippen LogP) is 3.03. The quantitative estimate of drug-likeness (QED) is 0.906. The third-order valence-electron chi connectivity index (χ3n) is 5.18. The van der Waals surface area contributed by atoms with Crippen LogP contribution in [0.15, 0.2) is 36.5 Å². The van der Waals surface area contributed by atoms with Crippen LogP contribution in [0.2, 0.25) is 0 Å². The van der Waals surface area contributed by atoms with Gasteiger partial charge in [0.25, 0.3) is 0 Å². The number of piperidine rings is 1. The Labute approximate surface area is 154 Å². The lowest BCUT2D eigenvalue weighted by Crippen LogP contribution is -2.38. The highest BCUT2D eigenvalue weighted by Crippen LogP contribution is 2.38. The van der Waals surface area contributed by atoms with Crippen LogP contribution in [0.4, 0.5) is 0 Å². The summed E-state index contributed by atoms with van der Waals surface area (Å²) in [6, 6.07) is 10.6. The summed E-state index contributed by atoms with van der Waals surface area (Å²) in [5.41, 5.74) is 2.16. The monoisotopic (exact) mass is 367 g/mol. The second-order valence-corrected chi connectivity index (χ2v) is 6.60. The summed E-state index contributed by atoms with van der Waals surface area (Å²) >= 11 is 0. The van der Waals surface area contributed by atoms with Gasteiger partial charge in [0.2, 0.25) is 5.91 Å². The molecule has 1 aliphatic heterocycles. The lowest BCUT2D eigenvalue weighted by atomic mass is 9.96. The Kier molecular flexibility index (Phi) is 6.07. The second-order valence-electron chi connectivity index (χ2n) is 6.60. The van der Waals surface area contributed by atoms with Gasteiger partial charge >= 0.3 is 0 Å². The molecule has 6 heteroatoms. The van der Waals surface area contributed by atoms with Crippen LogP contribution >= 0.6 is 24.8 Å². The van der Waals surface area contributed by atoms with E-state index >= 15 is 0 Å². The Bertz CT molecular complexity index is 704. The Hall–Kier alpha value is -1.36. The van der Waals surface area contributed by atoms with Crippen molar-refractivity contribution in [1.82, 2.24) is 15.2 Å². The number of halogens is 2. The van der Waals surface area contributed by atoms with Crippen molar-refractivity contribution < 1.29 is 4.79 Å². The number of aromatic nitrogens is 1. The fourth-order valence-corrected chi connectivity index (χ4v) is 4.05. The summed E-state index contributed by atoms with van der Waals surface area (Å²) in [5.74, 6) is 1.02. The fourth-order valence-electron chi connectivity index (χ4n) is 4.05. The number of amides is 1. The van der Waals surface area contributed by atoms with E-state index in [0.717, 1.165) is 29.4 Å². The molecule has 1 aromatic carbocycles. The highest BCUT2D eigenvalue weighted by atomic mass is 35.5. The summed E-state index contributed by atoms with van der Waals surface area (Å²) in [6.07, 6.45) is 4.15. The number of carbonyl (C=O) groups excluding carboxylic acids is 1. The first-order valence-corrected chi connectivity index (χ1v) is 8.04. The van der Waals surface area contributed by atoms with Gasteiger partial charge in [-0.1, -0.05) is 12.1 Å². The van der Waals surface area contributed by atoms with Gasteiger partial charge in [-0.25, -0.2) is 0 Å². The number of rotatable bonds is 3. The molecule has 1 N–H and O–H groups in total. The van der Waals surface area contributed by atoms with Gasteiger partial charge in [-0.05, 0) is 49.1 Å². The zero-order chi connectivity index (χ0) is 15.1. The molecule has 0 radical (unpaired) electrons. The lowest BCUT2D eigenvalue weighted by molar-refractivity contribution is -0.135. The molecule has 0 unspecified atom stereocenters. The standard InChI is InChI=1S/C18H21N3O.2ClH/c1-21(18(22)17-14-5-7-16(17)20-10-14)11-12-4-6-15-13(9-12)3-2-8-19-15;;/h2-4,6,8-9,14,16-17,20H,5,7,10-11H2,1H3;2*1H/t14-,16-,17+;;/m0../s1.